The van der Waals surface area contributed by atoms with E-state index in [-0.39, 0.29) is 5.91 Å². The number of furan rings is 1. The summed E-state index contributed by atoms with van der Waals surface area (Å²) in [6, 6.07) is 13.9. The average Bonchev–Trinajstić information content (AvgIpc) is 2.92. The standard InChI is InChI=1S/C15H17NO2S/c1-16(10-14-8-5-9-18-14)15(17)12-19-11-13-6-3-2-4-7-13/h2-9H,10-12H2,1H3. The summed E-state index contributed by atoms with van der Waals surface area (Å²) in [7, 11) is 1.80. The number of hydrogen-bond donors (Lipinski definition) is 0. The Bertz CT molecular complexity index is 496. The molecule has 0 aliphatic rings. The van der Waals surface area contributed by atoms with Gasteiger partial charge in [-0.05, 0) is 17.7 Å². The molecule has 0 bridgehead atoms. The molecular formula is C15H17NO2S. The normalized spacial score (nSPS) is 10.4. The molecule has 0 aliphatic heterocycles. The fourth-order valence-corrected chi connectivity index (χ4v) is 2.59. The summed E-state index contributed by atoms with van der Waals surface area (Å²) in [6.45, 7) is 0.526. The van der Waals surface area contributed by atoms with Crippen molar-refractivity contribution in [3.05, 3.63) is 60.1 Å². The van der Waals surface area contributed by atoms with Crippen molar-refractivity contribution in [2.24, 2.45) is 0 Å². The summed E-state index contributed by atoms with van der Waals surface area (Å²) in [5, 5.41) is 0. The number of hydrogen-bond acceptors (Lipinski definition) is 3. The molecule has 0 saturated carbocycles. The van der Waals surface area contributed by atoms with Crippen LogP contribution in [0.5, 0.6) is 0 Å². The number of carbonyl (C=O) groups excluding carboxylic acids is 1. The van der Waals surface area contributed by atoms with Gasteiger partial charge in [-0.3, -0.25) is 4.79 Å². The molecule has 0 fully saturated rings. The minimum absolute atomic E-state index is 0.123. The zero-order chi connectivity index (χ0) is 13.5. The van der Waals surface area contributed by atoms with Crippen LogP contribution in [0.1, 0.15) is 11.3 Å². The minimum Gasteiger partial charge on any atom is -0.467 e. The van der Waals surface area contributed by atoms with E-state index in [0.29, 0.717) is 12.3 Å². The van der Waals surface area contributed by atoms with Crippen LogP contribution in [0.3, 0.4) is 0 Å². The fourth-order valence-electron chi connectivity index (χ4n) is 1.67. The zero-order valence-corrected chi connectivity index (χ0v) is 11.7. The lowest BCUT2D eigenvalue weighted by atomic mass is 10.2. The van der Waals surface area contributed by atoms with Gasteiger partial charge >= 0.3 is 0 Å². The molecule has 0 N–H and O–H groups in total. The molecular weight excluding hydrogens is 258 g/mol. The SMILES string of the molecule is CN(Cc1ccco1)C(=O)CSCc1ccccc1. The Balaban J connectivity index is 1.72. The van der Waals surface area contributed by atoms with Gasteiger partial charge in [0.05, 0.1) is 18.6 Å². The largest absolute Gasteiger partial charge is 0.467 e. The van der Waals surface area contributed by atoms with Crippen molar-refractivity contribution in [1.29, 1.82) is 0 Å². The zero-order valence-electron chi connectivity index (χ0n) is 10.9. The van der Waals surface area contributed by atoms with E-state index in [4.69, 9.17) is 4.42 Å². The lowest BCUT2D eigenvalue weighted by Gasteiger charge is -2.15. The number of rotatable bonds is 6. The first kappa shape index (κ1) is 13.7. The van der Waals surface area contributed by atoms with E-state index in [2.05, 4.69) is 12.1 Å². The van der Waals surface area contributed by atoms with Crippen LogP contribution in [-0.4, -0.2) is 23.6 Å². The highest BCUT2D eigenvalue weighted by molar-refractivity contribution is 7.99. The van der Waals surface area contributed by atoms with Crippen LogP contribution >= 0.6 is 11.8 Å². The molecule has 2 aromatic rings. The van der Waals surface area contributed by atoms with Gasteiger partial charge in [0, 0.05) is 12.8 Å². The Morgan fingerprint density at radius 2 is 2.00 bits per heavy atom. The number of benzene rings is 1. The van der Waals surface area contributed by atoms with Crippen LogP contribution < -0.4 is 0 Å². The first-order valence-corrected chi connectivity index (χ1v) is 7.29. The Labute approximate surface area is 117 Å². The molecule has 100 valence electrons. The van der Waals surface area contributed by atoms with E-state index in [9.17, 15) is 4.79 Å². The fraction of sp³-hybridized carbons (Fsp3) is 0.267. The van der Waals surface area contributed by atoms with Gasteiger partial charge in [0.2, 0.25) is 5.91 Å². The lowest BCUT2D eigenvalue weighted by Crippen LogP contribution is -2.27. The third kappa shape index (κ3) is 4.48. The van der Waals surface area contributed by atoms with Crippen LogP contribution in [0.15, 0.2) is 53.1 Å². The highest BCUT2D eigenvalue weighted by atomic mass is 32.2. The van der Waals surface area contributed by atoms with Crippen molar-refractivity contribution < 1.29 is 9.21 Å². The smallest absolute Gasteiger partial charge is 0.232 e. The molecule has 0 atom stereocenters. The van der Waals surface area contributed by atoms with Gasteiger partial charge < -0.3 is 9.32 Å². The van der Waals surface area contributed by atoms with Gasteiger partial charge in [-0.1, -0.05) is 30.3 Å². The Morgan fingerprint density at radius 1 is 1.21 bits per heavy atom. The lowest BCUT2D eigenvalue weighted by molar-refractivity contribution is -0.127. The first-order chi connectivity index (χ1) is 9.25. The Hall–Kier alpha value is -1.68. The summed E-state index contributed by atoms with van der Waals surface area (Å²) in [4.78, 5) is 13.6. The Morgan fingerprint density at radius 3 is 2.68 bits per heavy atom. The van der Waals surface area contributed by atoms with E-state index >= 15 is 0 Å². The van der Waals surface area contributed by atoms with Crippen LogP contribution in [-0.2, 0) is 17.1 Å². The van der Waals surface area contributed by atoms with Gasteiger partial charge in [-0.15, -0.1) is 11.8 Å². The molecule has 0 radical (unpaired) electrons. The minimum atomic E-state index is 0.123. The van der Waals surface area contributed by atoms with E-state index in [1.807, 2.05) is 30.3 Å². The van der Waals surface area contributed by atoms with Crippen LogP contribution in [0.2, 0.25) is 0 Å². The number of amides is 1. The van der Waals surface area contributed by atoms with Gasteiger partial charge in [-0.2, -0.15) is 0 Å². The quantitative estimate of drug-likeness (QED) is 0.812. The maximum atomic E-state index is 11.9. The highest BCUT2D eigenvalue weighted by Crippen LogP contribution is 2.13. The molecule has 2 rings (SSSR count). The highest BCUT2D eigenvalue weighted by Gasteiger charge is 2.10. The third-order valence-corrected chi connectivity index (χ3v) is 3.72. The number of nitrogens with zero attached hydrogens (tertiary/aromatic N) is 1. The summed E-state index contributed by atoms with van der Waals surface area (Å²) in [5.74, 6) is 2.29. The summed E-state index contributed by atoms with van der Waals surface area (Å²) in [5.41, 5.74) is 1.24. The maximum absolute atomic E-state index is 11.9. The molecule has 1 aromatic carbocycles. The molecule has 0 unspecified atom stereocenters. The predicted molar refractivity (Wildman–Crippen MR) is 77.8 cm³/mol. The van der Waals surface area contributed by atoms with Crippen molar-refractivity contribution in [3.8, 4) is 0 Å². The van der Waals surface area contributed by atoms with Gasteiger partial charge in [0.15, 0.2) is 0 Å². The molecule has 3 nitrogen and oxygen atoms in total. The van der Waals surface area contributed by atoms with Crippen molar-refractivity contribution in [3.63, 3.8) is 0 Å². The van der Waals surface area contributed by atoms with E-state index in [1.165, 1.54) is 5.56 Å². The second-order valence-corrected chi connectivity index (χ2v) is 5.29. The molecule has 1 amide bonds. The molecule has 19 heavy (non-hydrogen) atoms. The van der Waals surface area contributed by atoms with Gasteiger partial charge in [-0.25, -0.2) is 0 Å². The van der Waals surface area contributed by atoms with Crippen LogP contribution in [0, 0.1) is 0 Å². The topological polar surface area (TPSA) is 33.5 Å². The monoisotopic (exact) mass is 275 g/mol. The first-order valence-electron chi connectivity index (χ1n) is 6.14. The average molecular weight is 275 g/mol. The van der Waals surface area contributed by atoms with Crippen LogP contribution in [0.25, 0.3) is 0 Å². The maximum Gasteiger partial charge on any atom is 0.232 e. The molecule has 1 heterocycles. The van der Waals surface area contributed by atoms with Crippen LogP contribution in [0.4, 0.5) is 0 Å². The van der Waals surface area contributed by atoms with Crippen molar-refractivity contribution in [2.45, 2.75) is 12.3 Å². The van der Waals surface area contributed by atoms with E-state index < -0.39 is 0 Å². The summed E-state index contributed by atoms with van der Waals surface area (Å²) in [6.07, 6.45) is 1.62. The van der Waals surface area contributed by atoms with Crippen molar-refractivity contribution in [1.82, 2.24) is 4.90 Å². The number of carbonyl (C=O) groups is 1. The van der Waals surface area contributed by atoms with Crippen molar-refractivity contribution >= 4 is 17.7 Å². The molecule has 0 saturated heterocycles. The van der Waals surface area contributed by atoms with Gasteiger partial charge in [0.1, 0.15) is 5.76 Å². The molecule has 0 aliphatic carbocycles. The van der Waals surface area contributed by atoms with E-state index in [1.54, 1.807) is 30.0 Å². The second-order valence-electron chi connectivity index (χ2n) is 4.31. The molecule has 1 aromatic heterocycles. The Kier molecular flexibility index (Phi) is 5.10. The number of thioether (sulfide) groups is 1. The third-order valence-electron chi connectivity index (χ3n) is 2.74. The summed E-state index contributed by atoms with van der Waals surface area (Å²) >= 11 is 1.63. The van der Waals surface area contributed by atoms with Gasteiger partial charge in [0.25, 0.3) is 0 Å². The van der Waals surface area contributed by atoms with E-state index in [0.717, 1.165) is 11.5 Å². The summed E-state index contributed by atoms with van der Waals surface area (Å²) < 4.78 is 5.23. The molecule has 0 spiro atoms. The predicted octanol–water partition coefficient (Wildman–Crippen LogP) is 3.17. The second kappa shape index (κ2) is 7.04. The van der Waals surface area contributed by atoms with Crippen molar-refractivity contribution in [2.75, 3.05) is 12.8 Å². The molecule has 4 heteroatoms.